The van der Waals surface area contributed by atoms with E-state index in [1.165, 1.54) is 49.5 Å². The number of amides is 3. The number of ether oxygens (including phenoxy) is 1. The van der Waals surface area contributed by atoms with Crippen LogP contribution in [-0.4, -0.2) is 58.4 Å². The molecule has 11 heteroatoms. The van der Waals surface area contributed by atoms with Gasteiger partial charge in [-0.2, -0.15) is 0 Å². The average molecular weight is 472 g/mol. The maximum Gasteiger partial charge on any atom is 0.338 e. The van der Waals surface area contributed by atoms with Crippen molar-refractivity contribution < 1.29 is 28.3 Å². The van der Waals surface area contributed by atoms with Crippen molar-refractivity contribution in [3.8, 4) is 0 Å². The lowest BCUT2D eigenvalue weighted by molar-refractivity contribution is -0.130. The second kappa shape index (κ2) is 10.2. The summed E-state index contributed by atoms with van der Waals surface area (Å²) in [6.45, 7) is 1.94. The van der Waals surface area contributed by atoms with Crippen LogP contribution in [-0.2, 0) is 14.3 Å². The van der Waals surface area contributed by atoms with Gasteiger partial charge >= 0.3 is 5.97 Å². The van der Waals surface area contributed by atoms with E-state index < -0.39 is 35.5 Å². The molecule has 3 rings (SSSR count). The van der Waals surface area contributed by atoms with Crippen molar-refractivity contribution in [3.05, 3.63) is 65.5 Å². The number of nitrogens with one attached hydrogen (secondary N) is 2. The molecule has 2 aromatic rings. The number of esters is 1. The number of nitrogens with zero attached hydrogens (tertiary/aromatic N) is 2. The molecule has 1 unspecified atom stereocenters. The molecule has 0 aromatic heterocycles. The van der Waals surface area contributed by atoms with Gasteiger partial charge in [-0.15, -0.1) is 0 Å². The highest BCUT2D eigenvalue weighted by molar-refractivity contribution is 7.80. The molecule has 1 fully saturated rings. The number of hydrogen-bond acceptors (Lipinski definition) is 6. The van der Waals surface area contributed by atoms with E-state index in [0.29, 0.717) is 11.3 Å². The highest BCUT2D eigenvalue weighted by atomic mass is 32.1. The van der Waals surface area contributed by atoms with Gasteiger partial charge in [0.2, 0.25) is 5.91 Å². The third kappa shape index (κ3) is 5.50. The molecule has 0 saturated carbocycles. The number of rotatable bonds is 7. The summed E-state index contributed by atoms with van der Waals surface area (Å²) in [7, 11) is 1.43. The first kappa shape index (κ1) is 23.8. The summed E-state index contributed by atoms with van der Waals surface area (Å²) in [6.07, 6.45) is -0.313. The fraction of sp³-hybridized carbons (Fsp3) is 0.227. The van der Waals surface area contributed by atoms with Gasteiger partial charge in [0.1, 0.15) is 11.9 Å². The molecule has 9 nitrogen and oxygen atoms in total. The topological polar surface area (TPSA) is 108 Å². The Balaban J connectivity index is 1.68. The monoisotopic (exact) mass is 472 g/mol. The first-order chi connectivity index (χ1) is 15.7. The van der Waals surface area contributed by atoms with Crippen LogP contribution >= 0.6 is 12.2 Å². The predicted octanol–water partition coefficient (Wildman–Crippen LogP) is 2.10. The molecule has 0 spiro atoms. The zero-order chi connectivity index (χ0) is 24.1. The van der Waals surface area contributed by atoms with Gasteiger partial charge in [0.15, 0.2) is 5.11 Å². The van der Waals surface area contributed by atoms with Gasteiger partial charge < -0.3 is 10.1 Å². The molecule has 1 heterocycles. The van der Waals surface area contributed by atoms with Crippen LogP contribution < -0.4 is 10.7 Å². The lowest BCUT2D eigenvalue weighted by Crippen LogP contribution is -2.49. The van der Waals surface area contributed by atoms with Gasteiger partial charge in [-0.3, -0.25) is 24.7 Å². The highest BCUT2D eigenvalue weighted by Gasteiger charge is 2.42. The highest BCUT2D eigenvalue weighted by Crippen LogP contribution is 2.19. The molecular weight excluding hydrogens is 451 g/mol. The number of hydrogen-bond donors (Lipinski definition) is 2. The summed E-state index contributed by atoms with van der Waals surface area (Å²) in [6, 6.07) is 10.0. The van der Waals surface area contributed by atoms with Crippen molar-refractivity contribution in [2.45, 2.75) is 19.4 Å². The van der Waals surface area contributed by atoms with Gasteiger partial charge in [0.05, 0.1) is 18.6 Å². The molecule has 2 N–H and O–H groups in total. The van der Waals surface area contributed by atoms with Crippen LogP contribution in [0.15, 0.2) is 48.5 Å². The standard InChI is InChI=1S/C22H21FN4O5S/c1-3-32-21(31)13-7-9-16(10-8-13)24-18(28)12-17-20(30)26(2)22(33)27(17)25-19(29)14-5-4-6-15(23)11-14/h4-11,17H,3,12H2,1-2H3,(H,24,28)(H,25,29). The second-order valence-electron chi connectivity index (χ2n) is 7.07. The summed E-state index contributed by atoms with van der Waals surface area (Å²) in [4.78, 5) is 50.6. The number of carbonyl (C=O) groups is 4. The van der Waals surface area contributed by atoms with E-state index in [-0.39, 0.29) is 23.7 Å². The molecule has 0 radical (unpaired) electrons. The van der Waals surface area contributed by atoms with Gasteiger partial charge in [0, 0.05) is 18.3 Å². The van der Waals surface area contributed by atoms with Gasteiger partial charge in [-0.05, 0) is 61.6 Å². The Morgan fingerprint density at radius 1 is 1.12 bits per heavy atom. The third-order valence-electron chi connectivity index (χ3n) is 4.79. The molecule has 1 aliphatic rings. The molecule has 1 saturated heterocycles. The normalized spacial score (nSPS) is 15.4. The van der Waals surface area contributed by atoms with E-state index in [2.05, 4.69) is 10.7 Å². The van der Waals surface area contributed by atoms with Crippen LogP contribution in [0.4, 0.5) is 10.1 Å². The first-order valence-corrected chi connectivity index (χ1v) is 10.4. The minimum Gasteiger partial charge on any atom is -0.462 e. The second-order valence-corrected chi connectivity index (χ2v) is 7.43. The SMILES string of the molecule is CCOC(=O)c1ccc(NC(=O)CC2C(=O)N(C)C(=S)N2NC(=O)c2cccc(F)c2)cc1. The maximum atomic E-state index is 13.4. The molecule has 33 heavy (non-hydrogen) atoms. The van der Waals surface area contributed by atoms with Crippen LogP contribution in [0, 0.1) is 5.82 Å². The quantitative estimate of drug-likeness (QED) is 0.469. The molecular formula is C22H21FN4O5S. The Labute approximate surface area is 194 Å². The fourth-order valence-corrected chi connectivity index (χ4v) is 3.39. The van der Waals surface area contributed by atoms with Crippen LogP contribution in [0.3, 0.4) is 0 Å². The number of likely N-dealkylation sites (N-methyl/N-ethyl adjacent to an activating group) is 1. The Kier molecular flexibility index (Phi) is 7.34. The molecule has 0 aliphatic carbocycles. The van der Waals surface area contributed by atoms with Gasteiger partial charge in [-0.25, -0.2) is 14.2 Å². The minimum absolute atomic E-state index is 0.00124. The summed E-state index contributed by atoms with van der Waals surface area (Å²) in [5, 5.41) is 3.76. The third-order valence-corrected chi connectivity index (χ3v) is 5.26. The number of anilines is 1. The van der Waals surface area contributed by atoms with Gasteiger partial charge in [0.25, 0.3) is 11.8 Å². The smallest absolute Gasteiger partial charge is 0.338 e. The predicted molar refractivity (Wildman–Crippen MR) is 121 cm³/mol. The van der Waals surface area contributed by atoms with Crippen molar-refractivity contribution in [2.24, 2.45) is 0 Å². The molecule has 2 aromatic carbocycles. The molecule has 0 bridgehead atoms. The Bertz CT molecular complexity index is 1110. The lowest BCUT2D eigenvalue weighted by atomic mass is 10.1. The largest absolute Gasteiger partial charge is 0.462 e. The van der Waals surface area contributed by atoms with Gasteiger partial charge in [-0.1, -0.05) is 6.07 Å². The average Bonchev–Trinajstić information content (AvgIpc) is 2.98. The molecule has 1 aliphatic heterocycles. The number of hydrazine groups is 1. The van der Waals surface area contributed by atoms with Crippen molar-refractivity contribution in [2.75, 3.05) is 19.0 Å². The zero-order valence-corrected chi connectivity index (χ0v) is 18.6. The van der Waals surface area contributed by atoms with Crippen molar-refractivity contribution in [3.63, 3.8) is 0 Å². The summed E-state index contributed by atoms with van der Waals surface area (Å²) < 4.78 is 18.4. The summed E-state index contributed by atoms with van der Waals surface area (Å²) in [5.74, 6) is -2.74. The van der Waals surface area contributed by atoms with Crippen LogP contribution in [0.5, 0.6) is 0 Å². The minimum atomic E-state index is -1.08. The lowest BCUT2D eigenvalue weighted by Gasteiger charge is -2.24. The van der Waals surface area contributed by atoms with Crippen molar-refractivity contribution in [1.82, 2.24) is 15.3 Å². The summed E-state index contributed by atoms with van der Waals surface area (Å²) in [5.41, 5.74) is 3.25. The van der Waals surface area contributed by atoms with Crippen molar-refractivity contribution >= 4 is 46.7 Å². The number of benzene rings is 2. The van der Waals surface area contributed by atoms with E-state index in [4.69, 9.17) is 17.0 Å². The molecule has 1 atom stereocenters. The van der Waals surface area contributed by atoms with Crippen LogP contribution in [0.2, 0.25) is 0 Å². The van der Waals surface area contributed by atoms with Crippen molar-refractivity contribution in [1.29, 1.82) is 0 Å². The Hall–Kier alpha value is -3.86. The van der Waals surface area contributed by atoms with E-state index in [1.54, 1.807) is 6.92 Å². The van der Waals surface area contributed by atoms with Crippen LogP contribution in [0.25, 0.3) is 0 Å². The maximum absolute atomic E-state index is 13.4. The van der Waals surface area contributed by atoms with Crippen LogP contribution in [0.1, 0.15) is 34.1 Å². The zero-order valence-electron chi connectivity index (χ0n) is 17.8. The van der Waals surface area contributed by atoms with E-state index in [9.17, 15) is 23.6 Å². The molecule has 3 amide bonds. The number of carbonyl (C=O) groups excluding carboxylic acids is 4. The Morgan fingerprint density at radius 3 is 2.45 bits per heavy atom. The molecule has 172 valence electrons. The number of thiocarbonyl (C=S) groups is 1. The first-order valence-electron chi connectivity index (χ1n) is 9.95. The van der Waals surface area contributed by atoms with E-state index >= 15 is 0 Å². The van der Waals surface area contributed by atoms with E-state index in [0.717, 1.165) is 16.0 Å². The summed E-state index contributed by atoms with van der Waals surface area (Å²) >= 11 is 5.22. The Morgan fingerprint density at radius 2 is 1.82 bits per heavy atom. The number of halogens is 1. The van der Waals surface area contributed by atoms with E-state index in [1.807, 2.05) is 0 Å². The fourth-order valence-electron chi connectivity index (χ4n) is 3.12.